The number of amides is 2. The summed E-state index contributed by atoms with van der Waals surface area (Å²) in [5, 5.41) is 0.382. The van der Waals surface area contributed by atoms with E-state index in [9.17, 15) is 14.4 Å². The van der Waals surface area contributed by atoms with Gasteiger partial charge < -0.3 is 4.74 Å². The highest BCUT2D eigenvalue weighted by atomic mass is 35.5. The van der Waals surface area contributed by atoms with Gasteiger partial charge in [0.05, 0.1) is 22.3 Å². The van der Waals surface area contributed by atoms with Crippen LogP contribution in [0.4, 0.5) is 0 Å². The quantitative estimate of drug-likeness (QED) is 0.356. The molecule has 2 amide bonds. The molecule has 3 rings (SSSR count). The van der Waals surface area contributed by atoms with Crippen molar-refractivity contribution in [1.29, 1.82) is 0 Å². The van der Waals surface area contributed by atoms with Gasteiger partial charge in [-0.2, -0.15) is 0 Å². The molecule has 1 aliphatic rings. The zero-order valence-electron chi connectivity index (χ0n) is 12.4. The molecule has 0 bridgehead atoms. The van der Waals surface area contributed by atoms with Crippen molar-refractivity contribution < 1.29 is 19.1 Å². The Hall–Kier alpha value is -2.45. The van der Waals surface area contributed by atoms with Gasteiger partial charge in [0.1, 0.15) is 0 Å². The van der Waals surface area contributed by atoms with Crippen molar-refractivity contribution in [3.8, 4) is 0 Å². The summed E-state index contributed by atoms with van der Waals surface area (Å²) in [5.74, 6) is -1.86. The third-order valence-corrected chi connectivity index (χ3v) is 4.14. The van der Waals surface area contributed by atoms with Gasteiger partial charge in [0.2, 0.25) is 0 Å². The molecule has 1 aliphatic heterocycles. The first-order valence-electron chi connectivity index (χ1n) is 6.72. The number of carbonyl (C=O) groups excluding carboxylic acids is 3. The number of imide groups is 1. The summed E-state index contributed by atoms with van der Waals surface area (Å²) in [6, 6.07) is 6.40. The Labute approximate surface area is 146 Å². The maximum Gasteiger partial charge on any atom is 0.360 e. The lowest BCUT2D eigenvalue weighted by Gasteiger charge is -2.14. The van der Waals surface area contributed by atoms with Gasteiger partial charge in [0.15, 0.2) is 17.6 Å². The van der Waals surface area contributed by atoms with Crippen LogP contribution in [0.5, 0.6) is 0 Å². The van der Waals surface area contributed by atoms with E-state index < -0.39 is 24.5 Å². The average Bonchev–Trinajstić information content (AvgIpc) is 2.84. The number of nitrogens with zero attached hydrogens (tertiary/aromatic N) is 3. The van der Waals surface area contributed by atoms with E-state index in [0.717, 1.165) is 4.90 Å². The number of benzene rings is 1. The minimum absolute atomic E-state index is 0.0279. The number of fused-ring (bicyclic) bond motifs is 1. The van der Waals surface area contributed by atoms with Crippen molar-refractivity contribution in [3.05, 3.63) is 52.3 Å². The van der Waals surface area contributed by atoms with Crippen molar-refractivity contribution >= 4 is 41.1 Å². The van der Waals surface area contributed by atoms with Gasteiger partial charge in [-0.15, -0.1) is 0 Å². The summed E-state index contributed by atoms with van der Waals surface area (Å²) in [6.45, 7) is -0.514. The van der Waals surface area contributed by atoms with Crippen LogP contribution in [-0.2, 0) is 4.74 Å². The highest BCUT2D eigenvalue weighted by molar-refractivity contribution is 7.98. The number of halogens is 1. The van der Waals surface area contributed by atoms with Crippen LogP contribution < -0.4 is 0 Å². The molecule has 122 valence electrons. The van der Waals surface area contributed by atoms with E-state index in [2.05, 4.69) is 9.97 Å². The van der Waals surface area contributed by atoms with Gasteiger partial charge >= 0.3 is 5.97 Å². The lowest BCUT2D eigenvalue weighted by molar-refractivity contribution is 0.0223. The van der Waals surface area contributed by atoms with Gasteiger partial charge in [0.25, 0.3) is 11.8 Å². The van der Waals surface area contributed by atoms with Gasteiger partial charge in [-0.3, -0.25) is 9.59 Å². The third-order valence-electron chi connectivity index (χ3n) is 3.30. The molecule has 0 N–H and O–H groups in total. The Kier molecular flexibility index (Phi) is 4.50. The fourth-order valence-corrected chi connectivity index (χ4v) is 2.65. The van der Waals surface area contributed by atoms with E-state index in [1.165, 1.54) is 18.0 Å². The fraction of sp³-hybridized carbons (Fsp3) is 0.133. The predicted molar refractivity (Wildman–Crippen MR) is 86.0 cm³/mol. The Morgan fingerprint density at radius 1 is 1.25 bits per heavy atom. The second-order valence-electron chi connectivity index (χ2n) is 4.70. The van der Waals surface area contributed by atoms with Crippen molar-refractivity contribution in [1.82, 2.24) is 14.9 Å². The SMILES string of the molecule is CSc1ncc(Cl)c(C(=O)OCN2C(=O)c3ccccc3C2=O)n1. The van der Waals surface area contributed by atoms with Gasteiger partial charge in [0, 0.05) is 0 Å². The van der Waals surface area contributed by atoms with Crippen LogP contribution in [0.2, 0.25) is 5.02 Å². The van der Waals surface area contributed by atoms with Crippen LogP contribution in [0, 0.1) is 0 Å². The Balaban J connectivity index is 1.74. The molecule has 1 aromatic heterocycles. The minimum Gasteiger partial charge on any atom is -0.439 e. The van der Waals surface area contributed by atoms with E-state index in [-0.39, 0.29) is 21.8 Å². The van der Waals surface area contributed by atoms with Crippen LogP contribution in [-0.4, -0.2) is 45.6 Å². The molecule has 1 aromatic carbocycles. The molecule has 9 heteroatoms. The molecule has 0 atom stereocenters. The molecule has 24 heavy (non-hydrogen) atoms. The largest absolute Gasteiger partial charge is 0.439 e. The van der Waals surface area contributed by atoms with Crippen molar-refractivity contribution in [3.63, 3.8) is 0 Å². The number of thioether (sulfide) groups is 1. The Morgan fingerprint density at radius 2 is 1.88 bits per heavy atom. The first kappa shape index (κ1) is 16.4. The van der Waals surface area contributed by atoms with Crippen molar-refractivity contribution in [2.45, 2.75) is 5.16 Å². The number of ether oxygens (including phenoxy) is 1. The molecule has 2 aromatic rings. The topological polar surface area (TPSA) is 89.5 Å². The highest BCUT2D eigenvalue weighted by Crippen LogP contribution is 2.23. The number of esters is 1. The monoisotopic (exact) mass is 363 g/mol. The number of rotatable bonds is 4. The number of carbonyl (C=O) groups is 3. The molecule has 0 saturated carbocycles. The van der Waals surface area contributed by atoms with Gasteiger partial charge in [-0.1, -0.05) is 35.5 Å². The van der Waals surface area contributed by atoms with Crippen LogP contribution in [0.1, 0.15) is 31.2 Å². The van der Waals surface area contributed by atoms with E-state index in [0.29, 0.717) is 5.16 Å². The smallest absolute Gasteiger partial charge is 0.360 e. The normalized spacial score (nSPS) is 13.2. The second-order valence-corrected chi connectivity index (χ2v) is 5.88. The second kappa shape index (κ2) is 6.58. The van der Waals surface area contributed by atoms with E-state index in [1.54, 1.807) is 30.5 Å². The lowest BCUT2D eigenvalue weighted by Crippen LogP contribution is -2.33. The molecule has 2 heterocycles. The molecule has 0 unspecified atom stereocenters. The maximum absolute atomic E-state index is 12.2. The summed E-state index contributed by atoms with van der Waals surface area (Å²) >= 11 is 7.13. The molecule has 0 saturated heterocycles. The van der Waals surface area contributed by atoms with E-state index in [1.807, 2.05) is 0 Å². The van der Waals surface area contributed by atoms with E-state index >= 15 is 0 Å². The summed E-state index contributed by atoms with van der Waals surface area (Å²) in [6.07, 6.45) is 3.04. The fourth-order valence-electron chi connectivity index (χ4n) is 2.14. The summed E-state index contributed by atoms with van der Waals surface area (Å²) in [7, 11) is 0. The summed E-state index contributed by atoms with van der Waals surface area (Å²) in [4.78, 5) is 45.2. The van der Waals surface area contributed by atoms with Crippen LogP contribution in [0.3, 0.4) is 0 Å². The van der Waals surface area contributed by atoms with Gasteiger partial charge in [-0.25, -0.2) is 19.7 Å². The molecule has 0 spiro atoms. The summed E-state index contributed by atoms with van der Waals surface area (Å²) in [5.41, 5.74) is 0.444. The Bertz CT molecular complexity index is 823. The number of hydrogen-bond donors (Lipinski definition) is 0. The molecule has 0 aliphatic carbocycles. The number of hydrogen-bond acceptors (Lipinski definition) is 7. The van der Waals surface area contributed by atoms with Crippen molar-refractivity contribution in [2.75, 3.05) is 13.0 Å². The van der Waals surface area contributed by atoms with Crippen LogP contribution in [0.25, 0.3) is 0 Å². The third kappa shape index (κ3) is 2.85. The lowest BCUT2D eigenvalue weighted by atomic mass is 10.1. The van der Waals surface area contributed by atoms with E-state index in [4.69, 9.17) is 16.3 Å². The zero-order chi connectivity index (χ0) is 17.3. The maximum atomic E-state index is 12.2. The first-order chi connectivity index (χ1) is 11.5. The molecule has 0 fully saturated rings. The summed E-state index contributed by atoms with van der Waals surface area (Å²) < 4.78 is 5.03. The average molecular weight is 364 g/mol. The molecule has 0 radical (unpaired) electrons. The minimum atomic E-state index is -0.839. The van der Waals surface area contributed by atoms with Gasteiger partial charge in [-0.05, 0) is 18.4 Å². The Morgan fingerprint density at radius 3 is 2.46 bits per heavy atom. The zero-order valence-corrected chi connectivity index (χ0v) is 13.9. The molecular formula is C15H10ClN3O4S. The van der Waals surface area contributed by atoms with Crippen LogP contribution in [0.15, 0.2) is 35.6 Å². The standard InChI is InChI=1S/C15H10ClN3O4S/c1-24-15-17-6-10(16)11(18-15)14(22)23-7-19-12(20)8-4-2-3-5-9(8)13(19)21/h2-6H,7H2,1H3. The molecule has 7 nitrogen and oxygen atoms in total. The number of aromatic nitrogens is 2. The highest BCUT2D eigenvalue weighted by Gasteiger charge is 2.36. The predicted octanol–water partition coefficient (Wildman–Crippen LogP) is 2.26. The molecular weight excluding hydrogens is 354 g/mol. The van der Waals surface area contributed by atoms with Crippen molar-refractivity contribution in [2.24, 2.45) is 0 Å². The first-order valence-corrected chi connectivity index (χ1v) is 8.32. The van der Waals surface area contributed by atoms with Crippen LogP contribution >= 0.6 is 23.4 Å².